The molecular formula is C16H21N3. The van der Waals surface area contributed by atoms with Crippen LogP contribution in [0.4, 0.5) is 0 Å². The first kappa shape index (κ1) is 12.4. The van der Waals surface area contributed by atoms with Gasteiger partial charge in [0.05, 0.1) is 12.2 Å². The van der Waals surface area contributed by atoms with E-state index in [9.17, 15) is 0 Å². The zero-order chi connectivity index (χ0) is 13.2. The maximum absolute atomic E-state index is 4.52. The fraction of sp³-hybridized carbons (Fsp3) is 0.438. The average Bonchev–Trinajstić information content (AvgIpc) is 3.15. The zero-order valence-corrected chi connectivity index (χ0v) is 11.7. The second kappa shape index (κ2) is 5.17. The summed E-state index contributed by atoms with van der Waals surface area (Å²) >= 11 is 0. The van der Waals surface area contributed by atoms with Crippen molar-refractivity contribution in [1.29, 1.82) is 0 Å². The fourth-order valence-corrected chi connectivity index (χ4v) is 2.40. The van der Waals surface area contributed by atoms with Crippen molar-refractivity contribution in [3.63, 3.8) is 0 Å². The molecular weight excluding hydrogens is 234 g/mol. The van der Waals surface area contributed by atoms with Crippen molar-refractivity contribution in [2.75, 3.05) is 0 Å². The molecule has 0 aliphatic heterocycles. The van der Waals surface area contributed by atoms with E-state index >= 15 is 0 Å². The Labute approximate surface area is 114 Å². The summed E-state index contributed by atoms with van der Waals surface area (Å²) in [7, 11) is 0. The molecule has 100 valence electrons. The number of benzene rings is 1. The monoisotopic (exact) mass is 255 g/mol. The van der Waals surface area contributed by atoms with Crippen LogP contribution < -0.4 is 5.32 Å². The molecule has 1 aliphatic rings. The molecule has 1 N–H and O–H groups in total. The molecule has 1 aliphatic carbocycles. The van der Waals surface area contributed by atoms with Crippen LogP contribution in [0, 0.1) is 13.8 Å². The van der Waals surface area contributed by atoms with Gasteiger partial charge in [0.2, 0.25) is 0 Å². The maximum Gasteiger partial charge on any atom is 0.0662 e. The second-order valence-electron chi connectivity index (χ2n) is 5.56. The van der Waals surface area contributed by atoms with Crippen molar-refractivity contribution in [2.45, 2.75) is 45.8 Å². The van der Waals surface area contributed by atoms with Crippen LogP contribution in [0.3, 0.4) is 0 Å². The van der Waals surface area contributed by atoms with Gasteiger partial charge in [-0.25, -0.2) is 0 Å². The summed E-state index contributed by atoms with van der Waals surface area (Å²) in [4.78, 5) is 0. The second-order valence-corrected chi connectivity index (χ2v) is 5.56. The molecule has 3 nitrogen and oxygen atoms in total. The van der Waals surface area contributed by atoms with Crippen LogP contribution in [0.15, 0.2) is 30.3 Å². The third kappa shape index (κ3) is 3.24. The molecule has 1 heterocycles. The van der Waals surface area contributed by atoms with Gasteiger partial charge >= 0.3 is 0 Å². The van der Waals surface area contributed by atoms with Crippen molar-refractivity contribution in [3.05, 3.63) is 52.8 Å². The summed E-state index contributed by atoms with van der Waals surface area (Å²) in [6, 6.07) is 11.7. The van der Waals surface area contributed by atoms with Crippen molar-refractivity contribution in [1.82, 2.24) is 15.1 Å². The Morgan fingerprint density at radius 3 is 2.68 bits per heavy atom. The SMILES string of the molecule is Cc1cc(C)n(Cc2cccc(CNC3CC3)c2)n1. The highest BCUT2D eigenvalue weighted by molar-refractivity contribution is 5.24. The Hall–Kier alpha value is -1.61. The predicted octanol–water partition coefficient (Wildman–Crippen LogP) is 2.80. The van der Waals surface area contributed by atoms with Gasteiger partial charge in [-0.2, -0.15) is 5.10 Å². The van der Waals surface area contributed by atoms with Gasteiger partial charge in [-0.1, -0.05) is 24.3 Å². The summed E-state index contributed by atoms with van der Waals surface area (Å²) in [5.74, 6) is 0. The minimum atomic E-state index is 0.764. The predicted molar refractivity (Wildman–Crippen MR) is 77.1 cm³/mol. The molecule has 0 radical (unpaired) electrons. The Morgan fingerprint density at radius 2 is 2.00 bits per heavy atom. The molecule has 0 saturated heterocycles. The van der Waals surface area contributed by atoms with Crippen LogP contribution in [0.2, 0.25) is 0 Å². The van der Waals surface area contributed by atoms with E-state index < -0.39 is 0 Å². The van der Waals surface area contributed by atoms with Crippen LogP contribution in [0.1, 0.15) is 35.4 Å². The van der Waals surface area contributed by atoms with Crippen LogP contribution in [-0.4, -0.2) is 15.8 Å². The molecule has 1 aromatic carbocycles. The van der Waals surface area contributed by atoms with Crippen LogP contribution in [-0.2, 0) is 13.1 Å². The Kier molecular flexibility index (Phi) is 3.38. The quantitative estimate of drug-likeness (QED) is 0.890. The van der Waals surface area contributed by atoms with Gasteiger partial charge in [-0.3, -0.25) is 4.68 Å². The standard InChI is InChI=1S/C16H21N3/c1-12-8-13(2)19(18-12)11-15-5-3-4-14(9-15)10-17-16-6-7-16/h3-5,8-9,16-17H,6-7,10-11H2,1-2H3. The first-order chi connectivity index (χ1) is 9.20. The lowest BCUT2D eigenvalue weighted by molar-refractivity contribution is 0.655. The summed E-state index contributed by atoms with van der Waals surface area (Å²) in [6.45, 7) is 5.99. The topological polar surface area (TPSA) is 29.9 Å². The summed E-state index contributed by atoms with van der Waals surface area (Å²) < 4.78 is 2.07. The number of nitrogens with one attached hydrogen (secondary N) is 1. The summed E-state index contributed by atoms with van der Waals surface area (Å²) in [5.41, 5.74) is 5.00. The van der Waals surface area contributed by atoms with Gasteiger partial charge in [-0.05, 0) is 43.9 Å². The largest absolute Gasteiger partial charge is 0.310 e. The summed E-state index contributed by atoms with van der Waals surface area (Å²) in [5, 5.41) is 8.08. The van der Waals surface area contributed by atoms with Crippen molar-refractivity contribution in [3.8, 4) is 0 Å². The molecule has 1 fully saturated rings. The Balaban J connectivity index is 1.69. The van der Waals surface area contributed by atoms with Gasteiger partial charge in [0.15, 0.2) is 0 Å². The van der Waals surface area contributed by atoms with E-state index in [0.717, 1.165) is 24.8 Å². The molecule has 3 rings (SSSR count). The molecule has 3 heteroatoms. The van der Waals surface area contributed by atoms with E-state index in [1.54, 1.807) is 0 Å². The van der Waals surface area contributed by atoms with Crippen LogP contribution >= 0.6 is 0 Å². The number of rotatable bonds is 5. The Morgan fingerprint density at radius 1 is 1.21 bits per heavy atom. The molecule has 2 aromatic rings. The lowest BCUT2D eigenvalue weighted by Crippen LogP contribution is -2.15. The lowest BCUT2D eigenvalue weighted by atomic mass is 10.1. The normalized spacial score (nSPS) is 14.8. The fourth-order valence-electron chi connectivity index (χ4n) is 2.40. The molecule has 1 aromatic heterocycles. The lowest BCUT2D eigenvalue weighted by Gasteiger charge is -2.08. The number of hydrogen-bond donors (Lipinski definition) is 1. The molecule has 0 amide bonds. The van der Waals surface area contributed by atoms with E-state index in [4.69, 9.17) is 0 Å². The van der Waals surface area contributed by atoms with E-state index in [2.05, 4.69) is 52.4 Å². The van der Waals surface area contributed by atoms with Crippen molar-refractivity contribution < 1.29 is 0 Å². The van der Waals surface area contributed by atoms with Crippen molar-refractivity contribution >= 4 is 0 Å². The zero-order valence-electron chi connectivity index (χ0n) is 11.7. The number of aryl methyl sites for hydroxylation is 2. The molecule has 0 unspecified atom stereocenters. The first-order valence-corrected chi connectivity index (χ1v) is 7.03. The van der Waals surface area contributed by atoms with Crippen molar-refractivity contribution in [2.24, 2.45) is 0 Å². The summed E-state index contributed by atoms with van der Waals surface area (Å²) in [6.07, 6.45) is 2.68. The Bertz CT molecular complexity index is 567. The molecule has 1 saturated carbocycles. The number of aromatic nitrogens is 2. The van der Waals surface area contributed by atoms with Crippen LogP contribution in [0.5, 0.6) is 0 Å². The van der Waals surface area contributed by atoms with Gasteiger partial charge in [0, 0.05) is 18.3 Å². The first-order valence-electron chi connectivity index (χ1n) is 7.03. The van der Waals surface area contributed by atoms with E-state index in [0.29, 0.717) is 0 Å². The third-order valence-electron chi connectivity index (χ3n) is 3.60. The van der Waals surface area contributed by atoms with Gasteiger partial charge < -0.3 is 5.32 Å². The smallest absolute Gasteiger partial charge is 0.0662 e. The molecule has 19 heavy (non-hydrogen) atoms. The van der Waals surface area contributed by atoms with Gasteiger partial charge in [0.25, 0.3) is 0 Å². The minimum Gasteiger partial charge on any atom is -0.310 e. The molecule has 0 atom stereocenters. The maximum atomic E-state index is 4.52. The van der Waals surface area contributed by atoms with Gasteiger partial charge in [-0.15, -0.1) is 0 Å². The highest BCUT2D eigenvalue weighted by atomic mass is 15.3. The highest BCUT2D eigenvalue weighted by Crippen LogP contribution is 2.19. The highest BCUT2D eigenvalue weighted by Gasteiger charge is 2.19. The van der Waals surface area contributed by atoms with E-state index in [1.807, 2.05) is 6.92 Å². The number of hydrogen-bond acceptors (Lipinski definition) is 2. The molecule has 0 spiro atoms. The third-order valence-corrected chi connectivity index (χ3v) is 3.60. The van der Waals surface area contributed by atoms with E-state index in [1.165, 1.54) is 29.7 Å². The van der Waals surface area contributed by atoms with Gasteiger partial charge in [0.1, 0.15) is 0 Å². The van der Waals surface area contributed by atoms with E-state index in [-0.39, 0.29) is 0 Å². The average molecular weight is 255 g/mol. The minimum absolute atomic E-state index is 0.764. The van der Waals surface area contributed by atoms with Crippen LogP contribution in [0.25, 0.3) is 0 Å². The number of nitrogens with zero attached hydrogens (tertiary/aromatic N) is 2. The molecule has 0 bridgehead atoms.